The molecule has 23 heavy (non-hydrogen) atoms. The summed E-state index contributed by atoms with van der Waals surface area (Å²) in [7, 11) is 0. The average molecular weight is 307 g/mol. The molecule has 0 spiro atoms. The van der Waals surface area contributed by atoms with E-state index in [2.05, 4.69) is 10.9 Å². The zero-order valence-corrected chi connectivity index (χ0v) is 12.8. The maximum absolute atomic E-state index is 12.0. The number of hydrogen-bond donors (Lipinski definition) is 2. The van der Waals surface area contributed by atoms with Crippen molar-refractivity contribution in [3.05, 3.63) is 70.8 Å². The quantitative estimate of drug-likeness (QED) is 0.850. The predicted molar refractivity (Wildman–Crippen MR) is 86.3 cm³/mol. The van der Waals surface area contributed by atoms with Crippen LogP contribution in [0.3, 0.4) is 0 Å². The van der Waals surface area contributed by atoms with E-state index in [1.165, 1.54) is 0 Å². The number of hydrogen-bond acceptors (Lipinski definition) is 3. The van der Waals surface area contributed by atoms with Gasteiger partial charge in [-0.25, -0.2) is 0 Å². The van der Waals surface area contributed by atoms with Gasteiger partial charge in [0.25, 0.3) is 5.91 Å². The molecule has 0 saturated heterocycles. The van der Waals surface area contributed by atoms with Gasteiger partial charge in [0, 0.05) is 12.0 Å². The van der Waals surface area contributed by atoms with E-state index in [1.54, 1.807) is 24.3 Å². The van der Waals surface area contributed by atoms with E-state index in [0.717, 1.165) is 11.1 Å². The van der Waals surface area contributed by atoms with Gasteiger partial charge in [-0.1, -0.05) is 30.3 Å². The first-order valence-electron chi connectivity index (χ1n) is 7.24. The Morgan fingerprint density at radius 3 is 2.39 bits per heavy atom. The first-order valence-corrected chi connectivity index (χ1v) is 7.24. The highest BCUT2D eigenvalue weighted by molar-refractivity contribution is 5.96. The van der Waals surface area contributed by atoms with Crippen molar-refractivity contribution in [3.63, 3.8) is 0 Å². The van der Waals surface area contributed by atoms with E-state index < -0.39 is 0 Å². The molecule has 0 unspecified atom stereocenters. The third-order valence-corrected chi connectivity index (χ3v) is 3.43. The molecule has 2 aromatic carbocycles. The first-order chi connectivity index (χ1) is 11.1. The van der Waals surface area contributed by atoms with Crippen molar-refractivity contribution in [2.75, 3.05) is 0 Å². The monoisotopic (exact) mass is 307 g/mol. The summed E-state index contributed by atoms with van der Waals surface area (Å²) in [6.45, 7) is 1.83. The molecule has 0 heterocycles. The Morgan fingerprint density at radius 2 is 1.74 bits per heavy atom. The molecule has 0 aromatic heterocycles. The molecule has 0 saturated carbocycles. The van der Waals surface area contributed by atoms with E-state index >= 15 is 0 Å². The summed E-state index contributed by atoms with van der Waals surface area (Å²) in [6, 6.07) is 16.3. The van der Waals surface area contributed by atoms with Crippen molar-refractivity contribution in [2.24, 2.45) is 0 Å². The molecule has 116 valence electrons. The number of rotatable bonds is 4. The maximum atomic E-state index is 12.0. The minimum absolute atomic E-state index is 0.250. The van der Waals surface area contributed by atoms with Crippen molar-refractivity contribution in [2.45, 2.75) is 19.8 Å². The van der Waals surface area contributed by atoms with Gasteiger partial charge in [0.05, 0.1) is 11.6 Å². The SMILES string of the molecule is Cc1ccccc1C(=O)NNC(=O)CCc1ccc(C#N)cc1. The second-order valence-electron chi connectivity index (χ2n) is 5.13. The Labute approximate surface area is 134 Å². The fourth-order valence-corrected chi connectivity index (χ4v) is 2.09. The largest absolute Gasteiger partial charge is 0.273 e. The van der Waals surface area contributed by atoms with Crippen LogP contribution in [0.2, 0.25) is 0 Å². The van der Waals surface area contributed by atoms with Crippen LogP contribution in [-0.4, -0.2) is 11.8 Å². The van der Waals surface area contributed by atoms with Crippen LogP contribution >= 0.6 is 0 Å². The number of nitrogens with zero attached hydrogens (tertiary/aromatic N) is 1. The Morgan fingerprint density at radius 1 is 1.04 bits per heavy atom. The highest BCUT2D eigenvalue weighted by Crippen LogP contribution is 2.07. The van der Waals surface area contributed by atoms with Crippen molar-refractivity contribution in [1.82, 2.24) is 10.9 Å². The molecule has 2 aromatic rings. The molecule has 0 aliphatic carbocycles. The molecule has 0 radical (unpaired) electrons. The first kappa shape index (κ1) is 16.2. The van der Waals surface area contributed by atoms with Crippen LogP contribution < -0.4 is 10.9 Å². The van der Waals surface area contributed by atoms with Gasteiger partial charge in [0.15, 0.2) is 0 Å². The van der Waals surface area contributed by atoms with E-state index in [0.29, 0.717) is 17.5 Å². The van der Waals surface area contributed by atoms with Crippen molar-refractivity contribution >= 4 is 11.8 Å². The fraction of sp³-hybridized carbons (Fsp3) is 0.167. The minimum Gasteiger partial charge on any atom is -0.273 e. The summed E-state index contributed by atoms with van der Waals surface area (Å²) in [5.74, 6) is -0.605. The number of benzene rings is 2. The van der Waals surface area contributed by atoms with E-state index in [4.69, 9.17) is 5.26 Å². The molecule has 2 N–H and O–H groups in total. The Balaban J connectivity index is 1.80. The van der Waals surface area contributed by atoms with E-state index in [-0.39, 0.29) is 18.2 Å². The molecule has 2 rings (SSSR count). The lowest BCUT2D eigenvalue weighted by molar-refractivity contribution is -0.121. The number of carbonyl (C=O) groups excluding carboxylic acids is 2. The highest BCUT2D eigenvalue weighted by Gasteiger charge is 2.09. The number of amides is 2. The molecular weight excluding hydrogens is 290 g/mol. The maximum Gasteiger partial charge on any atom is 0.269 e. The molecule has 0 bridgehead atoms. The lowest BCUT2D eigenvalue weighted by Crippen LogP contribution is -2.41. The Hall–Kier alpha value is -3.13. The van der Waals surface area contributed by atoms with Gasteiger partial charge in [-0.2, -0.15) is 5.26 Å². The van der Waals surface area contributed by atoms with Crippen LogP contribution in [0.25, 0.3) is 0 Å². The van der Waals surface area contributed by atoms with Gasteiger partial charge in [0.1, 0.15) is 0 Å². The average Bonchev–Trinajstić information content (AvgIpc) is 2.58. The van der Waals surface area contributed by atoms with Gasteiger partial charge in [-0.15, -0.1) is 0 Å². The molecular formula is C18H17N3O2. The van der Waals surface area contributed by atoms with Crippen LogP contribution in [0.15, 0.2) is 48.5 Å². The second-order valence-corrected chi connectivity index (χ2v) is 5.13. The normalized spacial score (nSPS) is 9.74. The molecule has 0 aliphatic heterocycles. The van der Waals surface area contributed by atoms with E-state index in [1.807, 2.05) is 37.3 Å². The summed E-state index contributed by atoms with van der Waals surface area (Å²) < 4.78 is 0. The summed E-state index contributed by atoms with van der Waals surface area (Å²) in [5, 5.41) is 8.73. The van der Waals surface area contributed by atoms with Crippen molar-refractivity contribution in [1.29, 1.82) is 5.26 Å². The lowest BCUT2D eigenvalue weighted by atomic mass is 10.1. The minimum atomic E-state index is -0.338. The van der Waals surface area contributed by atoms with Gasteiger partial charge in [0.2, 0.25) is 5.91 Å². The fourth-order valence-electron chi connectivity index (χ4n) is 2.09. The highest BCUT2D eigenvalue weighted by atomic mass is 16.2. The molecule has 0 atom stereocenters. The summed E-state index contributed by atoms with van der Waals surface area (Å²) in [5.41, 5.74) is 7.74. The number of aryl methyl sites for hydroxylation is 2. The summed E-state index contributed by atoms with van der Waals surface area (Å²) >= 11 is 0. The third-order valence-electron chi connectivity index (χ3n) is 3.43. The molecule has 5 heteroatoms. The zero-order chi connectivity index (χ0) is 16.7. The predicted octanol–water partition coefficient (Wildman–Crippen LogP) is 2.26. The number of hydrazine groups is 1. The van der Waals surface area contributed by atoms with Gasteiger partial charge >= 0.3 is 0 Å². The molecule has 0 aliphatic rings. The molecule has 2 amide bonds. The van der Waals surface area contributed by atoms with Crippen LogP contribution in [0.4, 0.5) is 0 Å². The van der Waals surface area contributed by atoms with Gasteiger partial charge in [-0.05, 0) is 42.7 Å². The number of nitriles is 1. The van der Waals surface area contributed by atoms with Crippen LogP contribution in [-0.2, 0) is 11.2 Å². The van der Waals surface area contributed by atoms with Gasteiger partial charge < -0.3 is 0 Å². The Kier molecular flexibility index (Phi) is 5.48. The Bertz CT molecular complexity index is 746. The van der Waals surface area contributed by atoms with Gasteiger partial charge in [-0.3, -0.25) is 20.4 Å². The zero-order valence-electron chi connectivity index (χ0n) is 12.8. The van der Waals surface area contributed by atoms with Crippen LogP contribution in [0.1, 0.15) is 33.5 Å². The topological polar surface area (TPSA) is 82.0 Å². The van der Waals surface area contributed by atoms with Crippen molar-refractivity contribution < 1.29 is 9.59 Å². The van der Waals surface area contributed by atoms with E-state index in [9.17, 15) is 9.59 Å². The van der Waals surface area contributed by atoms with Crippen LogP contribution in [0, 0.1) is 18.3 Å². The van der Waals surface area contributed by atoms with Crippen molar-refractivity contribution in [3.8, 4) is 6.07 Å². The third kappa shape index (κ3) is 4.68. The number of carbonyl (C=O) groups is 2. The smallest absolute Gasteiger partial charge is 0.269 e. The summed E-state index contributed by atoms with van der Waals surface area (Å²) in [6.07, 6.45) is 0.789. The number of nitrogens with one attached hydrogen (secondary N) is 2. The molecule has 0 fully saturated rings. The summed E-state index contributed by atoms with van der Waals surface area (Å²) in [4.78, 5) is 23.7. The standard InChI is InChI=1S/C18H17N3O2/c1-13-4-2-3-5-16(13)18(23)21-20-17(22)11-10-14-6-8-15(12-19)9-7-14/h2-9H,10-11H2,1H3,(H,20,22)(H,21,23). The lowest BCUT2D eigenvalue weighted by Gasteiger charge is -2.09. The molecule has 5 nitrogen and oxygen atoms in total. The second kappa shape index (κ2) is 7.76. The van der Waals surface area contributed by atoms with Crippen LogP contribution in [0.5, 0.6) is 0 Å².